The minimum Gasteiger partial charge on any atom is -0.491 e. The van der Waals surface area contributed by atoms with E-state index in [0.717, 1.165) is 92.1 Å². The Bertz CT molecular complexity index is 2190. The summed E-state index contributed by atoms with van der Waals surface area (Å²) in [6, 6.07) is 16.1. The van der Waals surface area contributed by atoms with E-state index in [1.54, 1.807) is 24.8 Å². The van der Waals surface area contributed by atoms with Crippen molar-refractivity contribution in [2.75, 3.05) is 42.8 Å². The third kappa shape index (κ3) is 9.13. The fourth-order valence-electron chi connectivity index (χ4n) is 8.06. The van der Waals surface area contributed by atoms with Crippen LogP contribution in [-0.2, 0) is 13.1 Å². The van der Waals surface area contributed by atoms with Crippen LogP contribution in [0, 0.1) is 5.82 Å². The molecule has 0 aliphatic carbocycles. The predicted molar refractivity (Wildman–Crippen MR) is 221 cm³/mol. The van der Waals surface area contributed by atoms with Gasteiger partial charge in [0.2, 0.25) is 0 Å². The van der Waals surface area contributed by atoms with Crippen LogP contribution < -0.4 is 24.2 Å². The molecule has 13 nitrogen and oxygen atoms in total. The summed E-state index contributed by atoms with van der Waals surface area (Å²) in [5.74, 6) is 1.58. The number of fused-ring (bicyclic) bond motifs is 2. The molecular weight excluding hydrogens is 740 g/mol. The molecule has 6 heterocycles. The van der Waals surface area contributed by atoms with Gasteiger partial charge >= 0.3 is 12.0 Å². The van der Waals surface area contributed by atoms with Gasteiger partial charge in [0.25, 0.3) is 0 Å². The standard InChI is InChI=1S/C44H53FN8O5/c1-6-54-40-23-31(7-8-37(40)45)27-50-17-11-33(12-18-50)52(43-48-38-9-15-46-25-41(38)57-43)53(44-49-39-10-16-47-26-42(39)58-44)34-13-19-51(20-14-34)28-32-21-35(55-29(2)3)24-36(22-32)56-30(4)5/h7-10,15-16,21-26,29-30,33-34H,6,11-14,17-20,27-28H2,1-5H3. The van der Waals surface area contributed by atoms with Crippen molar-refractivity contribution in [3.8, 4) is 17.2 Å². The van der Waals surface area contributed by atoms with Crippen molar-refractivity contribution in [2.45, 2.75) is 97.7 Å². The molecule has 0 unspecified atom stereocenters. The first-order valence-corrected chi connectivity index (χ1v) is 20.5. The molecule has 8 rings (SSSR count). The van der Waals surface area contributed by atoms with Crippen LogP contribution in [0.4, 0.5) is 16.4 Å². The lowest BCUT2D eigenvalue weighted by atomic mass is 10.0. The van der Waals surface area contributed by atoms with Crippen LogP contribution in [0.5, 0.6) is 17.2 Å². The molecule has 0 spiro atoms. The minimum atomic E-state index is -0.342. The number of pyridine rings is 2. The fourth-order valence-corrected chi connectivity index (χ4v) is 8.06. The number of hydrogen-bond acceptors (Lipinski definition) is 13. The van der Waals surface area contributed by atoms with Gasteiger partial charge < -0.3 is 23.0 Å². The average Bonchev–Trinajstić information content (AvgIpc) is 3.83. The van der Waals surface area contributed by atoms with E-state index in [4.69, 9.17) is 33.0 Å². The smallest absolute Gasteiger partial charge is 0.318 e. The zero-order chi connectivity index (χ0) is 40.2. The molecule has 4 aromatic heterocycles. The second-order valence-corrected chi connectivity index (χ2v) is 15.7. The number of benzene rings is 2. The van der Waals surface area contributed by atoms with Crippen molar-refractivity contribution in [1.29, 1.82) is 0 Å². The number of likely N-dealkylation sites (tertiary alicyclic amines) is 2. The Labute approximate surface area is 338 Å². The first-order chi connectivity index (χ1) is 28.2. The van der Waals surface area contributed by atoms with Crippen LogP contribution in [0.3, 0.4) is 0 Å². The Kier molecular flexibility index (Phi) is 11.9. The summed E-state index contributed by atoms with van der Waals surface area (Å²) >= 11 is 0. The van der Waals surface area contributed by atoms with Crippen molar-refractivity contribution in [1.82, 2.24) is 29.7 Å². The fraction of sp³-hybridized carbons (Fsp3) is 0.455. The summed E-state index contributed by atoms with van der Waals surface area (Å²) in [6.07, 6.45) is 10.3. The van der Waals surface area contributed by atoms with Crippen LogP contribution in [0.1, 0.15) is 71.4 Å². The number of hydrazine groups is 1. The van der Waals surface area contributed by atoms with E-state index in [1.165, 1.54) is 6.07 Å². The van der Waals surface area contributed by atoms with Crippen molar-refractivity contribution in [2.24, 2.45) is 0 Å². The quantitative estimate of drug-likeness (QED) is 0.0927. The van der Waals surface area contributed by atoms with Crippen molar-refractivity contribution in [3.63, 3.8) is 0 Å². The largest absolute Gasteiger partial charge is 0.491 e. The lowest BCUT2D eigenvalue weighted by Crippen LogP contribution is -2.59. The summed E-state index contributed by atoms with van der Waals surface area (Å²) < 4.78 is 45.2. The molecule has 0 N–H and O–H groups in total. The highest BCUT2D eigenvalue weighted by atomic mass is 19.1. The van der Waals surface area contributed by atoms with E-state index in [-0.39, 0.29) is 30.1 Å². The third-order valence-corrected chi connectivity index (χ3v) is 10.6. The molecule has 58 heavy (non-hydrogen) atoms. The van der Waals surface area contributed by atoms with Crippen LogP contribution in [-0.4, -0.2) is 86.8 Å². The molecule has 0 radical (unpaired) electrons. The van der Waals surface area contributed by atoms with E-state index < -0.39 is 0 Å². The Morgan fingerprint density at radius 2 is 1.19 bits per heavy atom. The van der Waals surface area contributed by atoms with Crippen LogP contribution in [0.15, 0.2) is 82.2 Å². The van der Waals surface area contributed by atoms with Crippen LogP contribution in [0.2, 0.25) is 0 Å². The number of aromatic nitrogens is 4. The third-order valence-electron chi connectivity index (χ3n) is 10.6. The van der Waals surface area contributed by atoms with Crippen LogP contribution >= 0.6 is 0 Å². The van der Waals surface area contributed by atoms with Gasteiger partial charge in [-0.05, 0) is 108 Å². The van der Waals surface area contributed by atoms with Gasteiger partial charge in [0.15, 0.2) is 22.7 Å². The summed E-state index contributed by atoms with van der Waals surface area (Å²) in [7, 11) is 0. The van der Waals surface area contributed by atoms with Crippen LogP contribution in [0.25, 0.3) is 22.2 Å². The van der Waals surface area contributed by atoms with Gasteiger partial charge in [-0.2, -0.15) is 9.97 Å². The molecule has 14 heteroatoms. The number of halogens is 1. The number of hydrogen-bond donors (Lipinski definition) is 0. The number of anilines is 2. The van der Waals surface area contributed by atoms with E-state index in [9.17, 15) is 4.39 Å². The van der Waals surface area contributed by atoms with Gasteiger partial charge in [-0.15, -0.1) is 0 Å². The highest BCUT2D eigenvalue weighted by molar-refractivity contribution is 5.75. The second-order valence-electron chi connectivity index (χ2n) is 15.7. The number of oxazole rings is 2. The average molecular weight is 793 g/mol. The minimum absolute atomic E-state index is 0.0127. The van der Waals surface area contributed by atoms with E-state index >= 15 is 0 Å². The summed E-state index contributed by atoms with van der Waals surface area (Å²) in [5, 5.41) is 4.40. The molecule has 2 saturated heterocycles. The molecule has 0 bridgehead atoms. The highest BCUT2D eigenvalue weighted by Gasteiger charge is 2.39. The van der Waals surface area contributed by atoms with Gasteiger partial charge in [-0.25, -0.2) is 14.4 Å². The molecule has 2 aliphatic rings. The first-order valence-electron chi connectivity index (χ1n) is 20.5. The number of piperidine rings is 2. The molecular formula is C44H53FN8O5. The molecule has 2 aliphatic heterocycles. The maximum absolute atomic E-state index is 14.4. The number of nitrogens with zero attached hydrogens (tertiary/aromatic N) is 8. The normalized spacial score (nSPS) is 16.1. The molecule has 0 saturated carbocycles. The topological polar surface area (TPSA) is 118 Å². The predicted octanol–water partition coefficient (Wildman–Crippen LogP) is 8.43. The molecule has 6 aromatic rings. The maximum atomic E-state index is 14.4. The second kappa shape index (κ2) is 17.6. The zero-order valence-corrected chi connectivity index (χ0v) is 34.0. The number of rotatable bonds is 15. The van der Waals surface area contributed by atoms with E-state index in [2.05, 4.69) is 41.9 Å². The van der Waals surface area contributed by atoms with Crippen molar-refractivity contribution >= 4 is 34.2 Å². The lowest BCUT2D eigenvalue weighted by Gasteiger charge is -2.47. The zero-order valence-electron chi connectivity index (χ0n) is 34.0. The van der Waals surface area contributed by atoms with E-state index in [0.29, 0.717) is 42.1 Å². The van der Waals surface area contributed by atoms with Gasteiger partial charge in [-0.1, -0.05) is 6.07 Å². The summed E-state index contributed by atoms with van der Waals surface area (Å²) in [5.41, 5.74) is 4.86. The Morgan fingerprint density at radius 1 is 0.690 bits per heavy atom. The molecule has 2 fully saturated rings. The Balaban J connectivity index is 1.07. The summed E-state index contributed by atoms with van der Waals surface area (Å²) in [4.78, 5) is 23.6. The Morgan fingerprint density at radius 3 is 1.66 bits per heavy atom. The van der Waals surface area contributed by atoms with Crippen molar-refractivity contribution in [3.05, 3.63) is 90.3 Å². The molecule has 0 amide bonds. The molecule has 2 aromatic carbocycles. The maximum Gasteiger partial charge on any atom is 0.318 e. The lowest BCUT2D eigenvalue weighted by molar-refractivity contribution is 0.178. The van der Waals surface area contributed by atoms with Gasteiger partial charge in [0, 0.05) is 57.7 Å². The SMILES string of the molecule is CCOc1cc(CN2CCC(N(c3nc4ccncc4o3)N(c3nc4ccncc4o3)C3CCN(Cc4cc(OC(C)C)cc(OC(C)C)c4)CC3)CC2)ccc1F. The van der Waals surface area contributed by atoms with Crippen molar-refractivity contribution < 1.29 is 27.4 Å². The van der Waals surface area contributed by atoms with Gasteiger partial charge in [-0.3, -0.25) is 19.8 Å². The molecule has 0 atom stereocenters. The number of ether oxygens (including phenoxy) is 3. The first kappa shape index (κ1) is 39.4. The van der Waals surface area contributed by atoms with Gasteiger partial charge in [0.1, 0.15) is 22.5 Å². The highest BCUT2D eigenvalue weighted by Crippen LogP contribution is 2.36. The van der Waals surface area contributed by atoms with Gasteiger partial charge in [0.05, 0.1) is 43.3 Å². The summed E-state index contributed by atoms with van der Waals surface area (Å²) in [6.45, 7) is 15.2. The Hall–Kier alpha value is -5.47. The van der Waals surface area contributed by atoms with E-state index in [1.807, 2.05) is 65.0 Å². The molecule has 306 valence electrons. The monoisotopic (exact) mass is 792 g/mol.